The van der Waals surface area contributed by atoms with Crippen LogP contribution in [0.4, 0.5) is 5.13 Å². The molecule has 1 N–H and O–H groups in total. The van der Waals surface area contributed by atoms with Gasteiger partial charge in [0.15, 0.2) is 11.5 Å². The molecule has 0 bridgehead atoms. The molecule has 2 heterocycles. The van der Waals surface area contributed by atoms with Gasteiger partial charge in [-0.15, -0.1) is 0 Å². The number of carbonyl (C=O) groups excluding carboxylic acids is 1. The molecule has 8 nitrogen and oxygen atoms in total. The maximum atomic E-state index is 11.9. The summed E-state index contributed by atoms with van der Waals surface area (Å²) in [6, 6.07) is 13.3. The number of aromatic nitrogens is 1. The van der Waals surface area contributed by atoms with Gasteiger partial charge in [0.2, 0.25) is 5.13 Å². The normalized spacial score (nSPS) is 11.5. The number of thiazole rings is 1. The van der Waals surface area contributed by atoms with E-state index in [2.05, 4.69) is 15.5 Å². The fourth-order valence-corrected chi connectivity index (χ4v) is 4.16. The average molecular weight is 466 g/mol. The summed E-state index contributed by atoms with van der Waals surface area (Å²) in [5.74, 6) is 1.41. The first kappa shape index (κ1) is 22.3. The molecule has 0 atom stereocenters. The molecule has 33 heavy (non-hydrogen) atoms. The average Bonchev–Trinajstić information content (AvgIpc) is 3.21. The summed E-state index contributed by atoms with van der Waals surface area (Å²) in [6.45, 7) is 3.75. The fourth-order valence-electron chi connectivity index (χ4n) is 3.33. The summed E-state index contributed by atoms with van der Waals surface area (Å²) in [5.41, 5.74) is 6.11. The molecule has 0 amide bonds. The Bertz CT molecular complexity index is 1410. The molecular weight excluding hydrogens is 442 g/mol. The van der Waals surface area contributed by atoms with Crippen molar-refractivity contribution in [3.05, 3.63) is 64.0 Å². The van der Waals surface area contributed by atoms with Crippen LogP contribution in [-0.2, 0) is 4.74 Å². The van der Waals surface area contributed by atoms with E-state index in [0.717, 1.165) is 16.5 Å². The Hall–Kier alpha value is -3.85. The number of rotatable bonds is 6. The monoisotopic (exact) mass is 465 g/mol. The number of ether oxygens (including phenoxy) is 3. The van der Waals surface area contributed by atoms with E-state index in [1.165, 1.54) is 18.4 Å². The van der Waals surface area contributed by atoms with Gasteiger partial charge >= 0.3 is 5.97 Å². The molecule has 0 radical (unpaired) electrons. The largest absolute Gasteiger partial charge is 0.493 e. The highest BCUT2D eigenvalue weighted by molar-refractivity contribution is 7.17. The third kappa shape index (κ3) is 4.54. The Kier molecular flexibility index (Phi) is 6.32. The second kappa shape index (κ2) is 9.33. The summed E-state index contributed by atoms with van der Waals surface area (Å²) >= 11 is 1.18. The van der Waals surface area contributed by atoms with Gasteiger partial charge in [0.1, 0.15) is 16.2 Å². The van der Waals surface area contributed by atoms with E-state index in [0.29, 0.717) is 43.9 Å². The van der Waals surface area contributed by atoms with Crippen LogP contribution in [0.5, 0.6) is 11.5 Å². The number of fused-ring (bicyclic) bond motifs is 1. The summed E-state index contributed by atoms with van der Waals surface area (Å²) in [5, 5.41) is 6.55. The first-order chi connectivity index (χ1) is 15.9. The van der Waals surface area contributed by atoms with Crippen LogP contribution >= 0.6 is 11.3 Å². The van der Waals surface area contributed by atoms with Crippen LogP contribution in [0, 0.1) is 13.8 Å². The quantitative estimate of drug-likeness (QED) is 0.319. The Morgan fingerprint density at radius 2 is 1.82 bits per heavy atom. The van der Waals surface area contributed by atoms with E-state index in [4.69, 9.17) is 18.6 Å². The molecule has 4 aromatic rings. The van der Waals surface area contributed by atoms with Gasteiger partial charge in [-0.1, -0.05) is 17.4 Å². The number of nitrogens with zero attached hydrogens (tertiary/aromatic N) is 2. The third-order valence-electron chi connectivity index (χ3n) is 5.01. The summed E-state index contributed by atoms with van der Waals surface area (Å²) in [7, 11) is 4.53. The predicted molar refractivity (Wildman–Crippen MR) is 127 cm³/mol. The molecule has 0 spiro atoms. The molecule has 170 valence electrons. The Labute approximate surface area is 194 Å². The van der Waals surface area contributed by atoms with Crippen LogP contribution in [0.3, 0.4) is 0 Å². The Morgan fingerprint density at radius 3 is 2.55 bits per heavy atom. The second-order valence-electron chi connectivity index (χ2n) is 7.21. The van der Waals surface area contributed by atoms with Gasteiger partial charge in [-0.25, -0.2) is 9.78 Å². The van der Waals surface area contributed by atoms with Crippen molar-refractivity contribution in [1.82, 2.24) is 4.98 Å². The minimum Gasteiger partial charge on any atom is -0.493 e. The summed E-state index contributed by atoms with van der Waals surface area (Å²) in [4.78, 5) is 16.7. The maximum absolute atomic E-state index is 11.9. The third-order valence-corrected chi connectivity index (χ3v) is 6.05. The first-order valence-electron chi connectivity index (χ1n) is 10.1. The number of esters is 1. The van der Waals surface area contributed by atoms with Crippen molar-refractivity contribution in [3.63, 3.8) is 0 Å². The number of nitrogens with one attached hydrogen (secondary N) is 1. The van der Waals surface area contributed by atoms with E-state index < -0.39 is 5.97 Å². The van der Waals surface area contributed by atoms with Crippen LogP contribution in [0.25, 0.3) is 22.3 Å². The molecule has 0 aliphatic heterocycles. The minimum atomic E-state index is -0.423. The van der Waals surface area contributed by atoms with Crippen molar-refractivity contribution in [2.45, 2.75) is 13.8 Å². The number of hydrogen-bond acceptors (Lipinski definition) is 9. The lowest BCUT2D eigenvalue weighted by atomic mass is 10.1. The first-order valence-corrected chi connectivity index (χ1v) is 10.9. The van der Waals surface area contributed by atoms with E-state index in [1.807, 2.05) is 49.4 Å². The number of benzene rings is 2. The van der Waals surface area contributed by atoms with Gasteiger partial charge in [-0.3, -0.25) is 5.43 Å². The Balaban J connectivity index is 1.82. The minimum absolute atomic E-state index is 0.423. The van der Waals surface area contributed by atoms with Crippen molar-refractivity contribution in [2.75, 3.05) is 26.8 Å². The number of anilines is 1. The van der Waals surface area contributed by atoms with Crippen molar-refractivity contribution in [3.8, 4) is 22.8 Å². The highest BCUT2D eigenvalue weighted by atomic mass is 32.1. The van der Waals surface area contributed by atoms with Gasteiger partial charge in [0.25, 0.3) is 0 Å². The molecule has 0 aliphatic carbocycles. The second-order valence-corrected chi connectivity index (χ2v) is 8.21. The molecule has 4 rings (SSSR count). The molecule has 0 saturated carbocycles. The van der Waals surface area contributed by atoms with Crippen LogP contribution in [0.2, 0.25) is 0 Å². The summed E-state index contributed by atoms with van der Waals surface area (Å²) < 4.78 is 21.8. The molecular formula is C24H23N3O5S. The van der Waals surface area contributed by atoms with E-state index in [-0.39, 0.29) is 0 Å². The molecule has 0 unspecified atom stereocenters. The van der Waals surface area contributed by atoms with Crippen LogP contribution in [0.1, 0.15) is 20.9 Å². The van der Waals surface area contributed by atoms with Crippen molar-refractivity contribution in [1.29, 1.82) is 0 Å². The van der Waals surface area contributed by atoms with E-state index >= 15 is 0 Å². The van der Waals surface area contributed by atoms with Crippen molar-refractivity contribution < 1.29 is 23.4 Å². The van der Waals surface area contributed by atoms with Gasteiger partial charge in [-0.05, 0) is 49.7 Å². The number of hydrogen-bond donors (Lipinski definition) is 1. The van der Waals surface area contributed by atoms with Crippen LogP contribution in [0.15, 0.2) is 52.0 Å². The predicted octanol–water partition coefficient (Wildman–Crippen LogP) is 4.90. The zero-order valence-corrected chi connectivity index (χ0v) is 19.7. The fraction of sp³-hybridized carbons (Fsp3) is 0.208. The molecule has 0 saturated heterocycles. The molecule has 9 heteroatoms. The highest BCUT2D eigenvalue weighted by Gasteiger charge is 2.15. The molecule has 2 aromatic heterocycles. The lowest BCUT2D eigenvalue weighted by molar-refractivity contribution is 0.0605. The zero-order chi connectivity index (χ0) is 23.5. The van der Waals surface area contributed by atoms with Crippen molar-refractivity contribution >= 4 is 33.4 Å². The highest BCUT2D eigenvalue weighted by Crippen LogP contribution is 2.33. The molecule has 0 fully saturated rings. The standard InChI is InChI=1S/C24H23N3O5S/c1-13-6-8-16-17(26-27-24-25-14(2)22(33-24)23(28)31-5)12-19(32-20(16)10-13)15-7-9-18(29-3)21(11-15)30-4/h6-12H,1-5H3,(H,25,27)/b26-17+. The molecule has 2 aromatic carbocycles. The van der Waals surface area contributed by atoms with Crippen LogP contribution in [-0.4, -0.2) is 32.3 Å². The SMILES string of the molecule is COC(=O)c1sc(N/N=c2\cc(-c3ccc(OC)c(OC)c3)oc3cc(C)ccc23)nc1C. The lowest BCUT2D eigenvalue weighted by Crippen LogP contribution is -2.07. The van der Waals surface area contributed by atoms with Crippen LogP contribution < -0.4 is 20.3 Å². The van der Waals surface area contributed by atoms with Gasteiger partial charge < -0.3 is 18.6 Å². The maximum Gasteiger partial charge on any atom is 0.350 e. The topological polar surface area (TPSA) is 95.2 Å². The van der Waals surface area contributed by atoms with Crippen molar-refractivity contribution in [2.24, 2.45) is 5.10 Å². The Morgan fingerprint density at radius 1 is 1.03 bits per heavy atom. The van der Waals surface area contributed by atoms with Gasteiger partial charge in [0.05, 0.1) is 32.4 Å². The number of aryl methyl sites for hydroxylation is 2. The van der Waals surface area contributed by atoms with E-state index in [9.17, 15) is 4.79 Å². The number of carbonyl (C=O) groups is 1. The smallest absolute Gasteiger partial charge is 0.350 e. The lowest BCUT2D eigenvalue weighted by Gasteiger charge is -2.10. The van der Waals surface area contributed by atoms with E-state index in [1.54, 1.807) is 21.1 Å². The zero-order valence-electron chi connectivity index (χ0n) is 18.9. The number of methoxy groups -OCH3 is 3. The molecule has 0 aliphatic rings. The van der Waals surface area contributed by atoms with Gasteiger partial charge in [-0.2, -0.15) is 5.10 Å². The summed E-state index contributed by atoms with van der Waals surface area (Å²) in [6.07, 6.45) is 0. The van der Waals surface area contributed by atoms with Gasteiger partial charge in [0, 0.05) is 17.0 Å².